The fourth-order valence-corrected chi connectivity index (χ4v) is 9.37. The van der Waals surface area contributed by atoms with E-state index < -0.39 is 42.7 Å². The molecule has 68 heavy (non-hydrogen) atoms. The summed E-state index contributed by atoms with van der Waals surface area (Å²) in [7, 11) is 0. The van der Waals surface area contributed by atoms with E-state index in [-0.39, 0.29) is 12.5 Å². The van der Waals surface area contributed by atoms with Gasteiger partial charge in [0, 0.05) is 12.5 Å². The van der Waals surface area contributed by atoms with E-state index in [4.69, 9.17) is 23.7 Å². The zero-order valence-electron chi connectivity index (χ0n) is 40.8. The smallest absolute Gasteiger partial charge is 0.113 e. The van der Waals surface area contributed by atoms with Gasteiger partial charge in [-0.3, -0.25) is 0 Å². The van der Waals surface area contributed by atoms with Gasteiger partial charge in [-0.05, 0) is 40.7 Å². The zero-order valence-corrected chi connectivity index (χ0v) is 40.8. The van der Waals surface area contributed by atoms with E-state index in [1.807, 2.05) is 91.0 Å². The van der Waals surface area contributed by atoms with Crippen LogP contribution in [0.1, 0.15) is 125 Å². The minimum Gasteiger partial charge on any atom is -0.390 e. The van der Waals surface area contributed by atoms with Crippen LogP contribution in [0.3, 0.4) is 0 Å². The quantitative estimate of drug-likeness (QED) is 0.0351. The van der Waals surface area contributed by atoms with Crippen molar-refractivity contribution in [1.82, 2.24) is 5.32 Å². The van der Waals surface area contributed by atoms with Crippen molar-refractivity contribution in [3.8, 4) is 0 Å². The molecule has 0 amide bonds. The van der Waals surface area contributed by atoms with E-state index in [2.05, 4.69) is 72.9 Å². The number of ether oxygens (including phenoxy) is 5. The second-order valence-corrected chi connectivity index (χ2v) is 18.9. The first-order valence-corrected chi connectivity index (χ1v) is 25.9. The summed E-state index contributed by atoms with van der Waals surface area (Å²) in [5.41, 5.74) is 5.35. The molecule has 6 rings (SSSR count). The van der Waals surface area contributed by atoms with Crippen LogP contribution in [0, 0.1) is 5.92 Å². The summed E-state index contributed by atoms with van der Waals surface area (Å²) in [6.45, 7) is 4.93. The average molecular weight is 928 g/mol. The highest BCUT2D eigenvalue weighted by Crippen LogP contribution is 2.36. The van der Waals surface area contributed by atoms with Gasteiger partial charge in [0.15, 0.2) is 0 Å². The number of nitrogens with one attached hydrogen (secondary N) is 1. The van der Waals surface area contributed by atoms with Crippen molar-refractivity contribution in [2.45, 2.75) is 172 Å². The highest BCUT2D eigenvalue weighted by molar-refractivity contribution is 5.17. The van der Waals surface area contributed by atoms with Crippen LogP contribution in [0.25, 0.3) is 0 Å². The fourth-order valence-electron chi connectivity index (χ4n) is 9.37. The Balaban J connectivity index is 1.19. The molecule has 0 saturated heterocycles. The van der Waals surface area contributed by atoms with Crippen LogP contribution in [-0.2, 0) is 56.7 Å². The topological polar surface area (TPSA) is 98.6 Å². The minimum absolute atomic E-state index is 0.123. The van der Waals surface area contributed by atoms with E-state index in [9.17, 15) is 10.2 Å². The molecule has 5 aromatic carbocycles. The molecule has 0 heterocycles. The van der Waals surface area contributed by atoms with Crippen LogP contribution >= 0.6 is 0 Å². The second-order valence-electron chi connectivity index (χ2n) is 18.9. The van der Waals surface area contributed by atoms with Crippen molar-refractivity contribution in [2.24, 2.45) is 5.92 Å². The van der Waals surface area contributed by atoms with Gasteiger partial charge >= 0.3 is 0 Å². The molecule has 3 N–H and O–H groups in total. The third-order valence-electron chi connectivity index (χ3n) is 13.4. The molecule has 0 spiro atoms. The first-order valence-electron chi connectivity index (χ1n) is 25.9. The van der Waals surface area contributed by atoms with Crippen LogP contribution < -0.4 is 5.32 Å². The van der Waals surface area contributed by atoms with Crippen molar-refractivity contribution >= 4 is 0 Å². The molecule has 0 aliphatic heterocycles. The lowest BCUT2D eigenvalue weighted by Crippen LogP contribution is -2.59. The lowest BCUT2D eigenvalue weighted by Gasteiger charge is -2.46. The lowest BCUT2D eigenvalue weighted by molar-refractivity contribution is -0.235. The molecule has 3 unspecified atom stereocenters. The summed E-state index contributed by atoms with van der Waals surface area (Å²) in [5, 5.41) is 27.1. The largest absolute Gasteiger partial charge is 0.390 e. The fraction of sp³-hybridized carbons (Fsp3) is 0.500. The van der Waals surface area contributed by atoms with Crippen LogP contribution in [0.2, 0.25) is 0 Å². The molecule has 5 aromatic rings. The summed E-state index contributed by atoms with van der Waals surface area (Å²) in [6.07, 6.45) is 12.2. The number of hydrogen-bond donors (Lipinski definition) is 3. The molecule has 0 radical (unpaired) electrons. The number of aliphatic hydroxyl groups excluding tert-OH is 2. The Morgan fingerprint density at radius 1 is 0.471 bits per heavy atom. The number of unbranched alkanes of at least 4 members (excludes halogenated alkanes) is 11. The lowest BCUT2D eigenvalue weighted by atomic mass is 9.80. The van der Waals surface area contributed by atoms with Crippen molar-refractivity contribution < 1.29 is 33.9 Å². The Morgan fingerprint density at radius 3 is 1.37 bits per heavy atom. The van der Waals surface area contributed by atoms with E-state index in [1.165, 1.54) is 57.8 Å². The number of hydrogen-bond acceptors (Lipinski definition) is 8. The Kier molecular flexibility index (Phi) is 24.9. The van der Waals surface area contributed by atoms with Gasteiger partial charge < -0.3 is 39.2 Å². The van der Waals surface area contributed by atoms with Crippen LogP contribution in [0.4, 0.5) is 0 Å². The summed E-state index contributed by atoms with van der Waals surface area (Å²) in [4.78, 5) is 0. The van der Waals surface area contributed by atoms with Crippen LogP contribution in [-0.4, -0.2) is 66.1 Å². The average Bonchev–Trinajstić information content (AvgIpc) is 3.38. The van der Waals surface area contributed by atoms with Gasteiger partial charge in [0.2, 0.25) is 0 Å². The summed E-state index contributed by atoms with van der Waals surface area (Å²) >= 11 is 0. The molecule has 1 aliphatic rings. The van der Waals surface area contributed by atoms with Gasteiger partial charge in [0.05, 0.1) is 70.1 Å². The molecule has 1 saturated carbocycles. The first kappa shape index (κ1) is 53.1. The predicted molar refractivity (Wildman–Crippen MR) is 274 cm³/mol. The van der Waals surface area contributed by atoms with Gasteiger partial charge in [-0.1, -0.05) is 236 Å². The third-order valence-corrected chi connectivity index (χ3v) is 13.4. The normalized spacial score (nSPS) is 19.7. The maximum Gasteiger partial charge on any atom is 0.113 e. The highest BCUT2D eigenvalue weighted by atomic mass is 16.6. The molecule has 1 aliphatic carbocycles. The minimum atomic E-state index is -1.05. The van der Waals surface area contributed by atoms with Crippen molar-refractivity contribution in [1.29, 1.82) is 0 Å². The molecular formula is C60H81NO7. The molecule has 8 atom stereocenters. The van der Waals surface area contributed by atoms with Crippen molar-refractivity contribution in [3.63, 3.8) is 0 Å². The number of rotatable bonds is 34. The molecule has 368 valence electrons. The maximum atomic E-state index is 12.0. The summed E-state index contributed by atoms with van der Waals surface area (Å²) in [5.74, 6) is -0.123. The Hall–Kier alpha value is -4.22. The van der Waals surface area contributed by atoms with E-state index in [0.717, 1.165) is 47.1 Å². The van der Waals surface area contributed by atoms with Crippen molar-refractivity contribution in [3.05, 3.63) is 179 Å². The Morgan fingerprint density at radius 2 is 0.882 bits per heavy atom. The second kappa shape index (κ2) is 31.8. The maximum absolute atomic E-state index is 12.0. The molecule has 1 fully saturated rings. The van der Waals surface area contributed by atoms with Gasteiger partial charge in [0.1, 0.15) is 12.2 Å². The third kappa shape index (κ3) is 19.3. The first-order chi connectivity index (χ1) is 33.6. The molecule has 0 bridgehead atoms. The standard InChI is InChI=1S/C60H81NO7/c1-2-3-4-5-6-7-8-9-10-11-12-28-39-55(62)57(63)54(61-41-48-29-18-13-19-30-48)47-65-56-40-53(46-64-42-49-31-20-14-21-32-49)58(66-43-50-33-22-15-23-34-50)60(68-45-52-37-26-17-27-38-52)59(56)67-44-51-35-24-16-25-36-51/h13-27,29-38,53-63H,2-12,28,39-47H2,1H3/t53?,54-,55+,56-,57-,58?,59?,60+/m0/s1. The van der Waals surface area contributed by atoms with Crippen LogP contribution in [0.15, 0.2) is 152 Å². The van der Waals surface area contributed by atoms with Gasteiger partial charge in [-0.25, -0.2) is 0 Å². The Bertz CT molecular complexity index is 1970. The van der Waals surface area contributed by atoms with Gasteiger partial charge in [-0.2, -0.15) is 0 Å². The zero-order chi connectivity index (χ0) is 47.3. The molecular weight excluding hydrogens is 847 g/mol. The predicted octanol–water partition coefficient (Wildman–Crippen LogP) is 12.3. The highest BCUT2D eigenvalue weighted by Gasteiger charge is 2.48. The van der Waals surface area contributed by atoms with Crippen molar-refractivity contribution in [2.75, 3.05) is 13.2 Å². The number of benzene rings is 5. The molecule has 0 aromatic heterocycles. The molecule has 8 nitrogen and oxygen atoms in total. The summed E-state index contributed by atoms with van der Waals surface area (Å²) in [6, 6.07) is 50.5. The van der Waals surface area contributed by atoms with E-state index >= 15 is 0 Å². The van der Waals surface area contributed by atoms with Crippen LogP contribution in [0.5, 0.6) is 0 Å². The number of aliphatic hydroxyl groups is 2. The van der Waals surface area contributed by atoms with E-state index in [0.29, 0.717) is 52.4 Å². The van der Waals surface area contributed by atoms with E-state index in [1.54, 1.807) is 0 Å². The van der Waals surface area contributed by atoms with Gasteiger partial charge in [0.25, 0.3) is 0 Å². The Labute approximate surface area is 408 Å². The summed E-state index contributed by atoms with van der Waals surface area (Å²) < 4.78 is 34.5. The molecule has 8 heteroatoms. The van der Waals surface area contributed by atoms with Gasteiger partial charge in [-0.15, -0.1) is 0 Å². The monoisotopic (exact) mass is 928 g/mol. The SMILES string of the molecule is CCCCCCCCCCCCCC[C@@H](O)[C@@H](O)[C@H](CO[C@H]1CC(COCc2ccccc2)C(OCc2ccccc2)[C@@H](OCc2ccccc2)C1OCc1ccccc1)NCc1ccccc1.